The van der Waals surface area contributed by atoms with Crippen molar-refractivity contribution in [3.63, 3.8) is 0 Å². The number of aromatic hydroxyl groups is 2. The van der Waals surface area contributed by atoms with Crippen molar-refractivity contribution in [1.82, 2.24) is 0 Å². The lowest BCUT2D eigenvalue weighted by molar-refractivity contribution is -0.384. The van der Waals surface area contributed by atoms with Crippen molar-refractivity contribution in [3.05, 3.63) is 63.2 Å². The molecule has 2 aromatic rings. The van der Waals surface area contributed by atoms with Crippen LogP contribution in [0.2, 0.25) is 5.02 Å². The molecule has 2 rings (SSSR count). The number of halogens is 1. The number of nitrogens with one attached hydrogen (secondary N) is 1. The number of amides is 1. The standard InChI is InChI=1S/C15H11ClN2O5/c16-11-8-10(18(22)23)3-4-12(11)17-15(21)6-2-9-1-5-13(19)14(20)7-9/h1-8,19-20H,(H,17,21)/b6-2+. The maximum absolute atomic E-state index is 11.8. The number of anilines is 1. The molecule has 0 radical (unpaired) electrons. The van der Waals surface area contributed by atoms with Crippen molar-refractivity contribution in [2.75, 3.05) is 5.32 Å². The zero-order valence-electron chi connectivity index (χ0n) is 11.6. The van der Waals surface area contributed by atoms with Crippen molar-refractivity contribution in [3.8, 4) is 11.5 Å². The van der Waals surface area contributed by atoms with E-state index >= 15 is 0 Å². The first-order valence-corrected chi connectivity index (χ1v) is 6.69. The molecule has 0 fully saturated rings. The van der Waals surface area contributed by atoms with Crippen molar-refractivity contribution >= 4 is 35.0 Å². The topological polar surface area (TPSA) is 113 Å². The molecule has 0 saturated carbocycles. The van der Waals surface area contributed by atoms with Crippen LogP contribution in [0.25, 0.3) is 6.08 Å². The minimum absolute atomic E-state index is 0.0447. The monoisotopic (exact) mass is 334 g/mol. The summed E-state index contributed by atoms with van der Waals surface area (Å²) < 4.78 is 0. The number of nitro benzene ring substituents is 1. The van der Waals surface area contributed by atoms with Gasteiger partial charge in [0.15, 0.2) is 11.5 Å². The smallest absolute Gasteiger partial charge is 0.271 e. The highest BCUT2D eigenvalue weighted by molar-refractivity contribution is 6.34. The van der Waals surface area contributed by atoms with E-state index in [1.54, 1.807) is 0 Å². The van der Waals surface area contributed by atoms with E-state index in [0.29, 0.717) is 5.56 Å². The van der Waals surface area contributed by atoms with Crippen LogP contribution in [0.3, 0.4) is 0 Å². The zero-order valence-corrected chi connectivity index (χ0v) is 12.3. The summed E-state index contributed by atoms with van der Waals surface area (Å²) in [5.74, 6) is -1.07. The summed E-state index contributed by atoms with van der Waals surface area (Å²) in [6, 6.07) is 7.79. The van der Waals surface area contributed by atoms with Gasteiger partial charge in [0.2, 0.25) is 5.91 Å². The third kappa shape index (κ3) is 4.21. The normalized spacial score (nSPS) is 10.7. The molecule has 0 aliphatic carbocycles. The largest absolute Gasteiger partial charge is 0.504 e. The van der Waals surface area contributed by atoms with Crippen LogP contribution in [0.4, 0.5) is 11.4 Å². The summed E-state index contributed by atoms with van der Waals surface area (Å²) in [6.07, 6.45) is 2.62. The number of rotatable bonds is 4. The van der Waals surface area contributed by atoms with Gasteiger partial charge in [-0.05, 0) is 29.8 Å². The molecule has 0 atom stereocenters. The van der Waals surface area contributed by atoms with Gasteiger partial charge in [-0.3, -0.25) is 14.9 Å². The molecule has 0 heterocycles. The SMILES string of the molecule is O=C(/C=C/c1ccc(O)c(O)c1)Nc1ccc([N+](=O)[O-])cc1Cl. The average molecular weight is 335 g/mol. The van der Waals surface area contributed by atoms with Crippen LogP contribution >= 0.6 is 11.6 Å². The maximum Gasteiger partial charge on any atom is 0.271 e. The Balaban J connectivity index is 2.08. The molecule has 0 aliphatic heterocycles. The quantitative estimate of drug-likeness (QED) is 0.343. The molecule has 0 spiro atoms. The zero-order chi connectivity index (χ0) is 17.0. The van der Waals surface area contributed by atoms with E-state index < -0.39 is 10.8 Å². The summed E-state index contributed by atoms with van der Waals surface area (Å²) in [5, 5.41) is 31.7. The number of phenols is 2. The minimum Gasteiger partial charge on any atom is -0.504 e. The van der Waals surface area contributed by atoms with E-state index in [4.69, 9.17) is 11.6 Å². The van der Waals surface area contributed by atoms with Gasteiger partial charge in [-0.15, -0.1) is 0 Å². The Labute approximate surface area is 135 Å². The molecular formula is C15H11ClN2O5. The predicted molar refractivity (Wildman–Crippen MR) is 85.5 cm³/mol. The molecular weight excluding hydrogens is 324 g/mol. The van der Waals surface area contributed by atoms with E-state index in [2.05, 4.69) is 5.32 Å². The third-order valence-corrected chi connectivity index (χ3v) is 3.16. The second-order valence-electron chi connectivity index (χ2n) is 4.49. The second-order valence-corrected chi connectivity index (χ2v) is 4.90. The molecule has 0 bridgehead atoms. The lowest BCUT2D eigenvalue weighted by atomic mass is 10.2. The summed E-state index contributed by atoms with van der Waals surface area (Å²) in [5.41, 5.74) is 0.564. The molecule has 2 aromatic carbocycles. The molecule has 23 heavy (non-hydrogen) atoms. The molecule has 0 aliphatic rings. The number of nitro groups is 1. The van der Waals surface area contributed by atoms with E-state index in [-0.39, 0.29) is 27.9 Å². The molecule has 8 heteroatoms. The number of hydrogen-bond donors (Lipinski definition) is 3. The number of carbonyl (C=O) groups is 1. The fraction of sp³-hybridized carbons (Fsp3) is 0. The number of carbonyl (C=O) groups excluding carboxylic acids is 1. The summed E-state index contributed by atoms with van der Waals surface area (Å²) in [4.78, 5) is 21.8. The average Bonchev–Trinajstić information content (AvgIpc) is 2.50. The first-order chi connectivity index (χ1) is 10.9. The van der Waals surface area contributed by atoms with Crippen LogP contribution < -0.4 is 5.32 Å². The van der Waals surface area contributed by atoms with Gasteiger partial charge < -0.3 is 15.5 Å². The number of benzene rings is 2. The fourth-order valence-corrected chi connectivity index (χ4v) is 1.93. The fourth-order valence-electron chi connectivity index (χ4n) is 1.71. The second kappa shape index (κ2) is 6.80. The Morgan fingerprint density at radius 2 is 1.91 bits per heavy atom. The summed E-state index contributed by atoms with van der Waals surface area (Å²) in [6.45, 7) is 0. The van der Waals surface area contributed by atoms with E-state index in [1.807, 2.05) is 0 Å². The molecule has 118 valence electrons. The van der Waals surface area contributed by atoms with Crippen LogP contribution in [-0.2, 0) is 4.79 Å². The molecule has 1 amide bonds. The molecule has 3 N–H and O–H groups in total. The molecule has 7 nitrogen and oxygen atoms in total. The highest BCUT2D eigenvalue weighted by atomic mass is 35.5. The number of nitrogens with zero attached hydrogens (tertiary/aromatic N) is 1. The van der Waals surface area contributed by atoms with Crippen molar-refractivity contribution in [2.45, 2.75) is 0 Å². The lowest BCUT2D eigenvalue weighted by Crippen LogP contribution is -2.08. The van der Waals surface area contributed by atoms with E-state index in [9.17, 15) is 25.1 Å². The molecule has 0 unspecified atom stereocenters. The van der Waals surface area contributed by atoms with Crippen LogP contribution in [0.15, 0.2) is 42.5 Å². The van der Waals surface area contributed by atoms with Gasteiger partial charge in [-0.2, -0.15) is 0 Å². The Kier molecular flexibility index (Phi) is 4.82. The van der Waals surface area contributed by atoms with Gasteiger partial charge in [-0.1, -0.05) is 17.7 Å². The minimum atomic E-state index is -0.589. The van der Waals surface area contributed by atoms with Crippen LogP contribution in [-0.4, -0.2) is 21.0 Å². The van der Waals surface area contributed by atoms with Gasteiger partial charge in [0.1, 0.15) is 0 Å². The maximum atomic E-state index is 11.8. The Morgan fingerprint density at radius 1 is 1.17 bits per heavy atom. The Hall–Kier alpha value is -3.06. The highest BCUT2D eigenvalue weighted by Gasteiger charge is 2.10. The predicted octanol–water partition coefficient (Wildman–Crippen LogP) is 3.31. The van der Waals surface area contributed by atoms with Crippen molar-refractivity contribution < 1.29 is 19.9 Å². The highest BCUT2D eigenvalue weighted by Crippen LogP contribution is 2.27. The van der Waals surface area contributed by atoms with E-state index in [0.717, 1.165) is 6.07 Å². The number of non-ortho nitro benzene ring substituents is 1. The van der Waals surface area contributed by atoms with Gasteiger partial charge in [0.05, 0.1) is 15.6 Å². The van der Waals surface area contributed by atoms with Gasteiger partial charge >= 0.3 is 0 Å². The van der Waals surface area contributed by atoms with Gasteiger partial charge in [0.25, 0.3) is 5.69 Å². The first-order valence-electron chi connectivity index (χ1n) is 6.32. The van der Waals surface area contributed by atoms with Gasteiger partial charge in [-0.25, -0.2) is 0 Å². The molecule has 0 saturated heterocycles. The van der Waals surface area contributed by atoms with E-state index in [1.165, 1.54) is 42.5 Å². The van der Waals surface area contributed by atoms with Crippen molar-refractivity contribution in [2.24, 2.45) is 0 Å². The number of hydrogen-bond acceptors (Lipinski definition) is 5. The third-order valence-electron chi connectivity index (χ3n) is 2.85. The van der Waals surface area contributed by atoms with Crippen molar-refractivity contribution in [1.29, 1.82) is 0 Å². The van der Waals surface area contributed by atoms with Crippen LogP contribution in [0.1, 0.15) is 5.56 Å². The van der Waals surface area contributed by atoms with Crippen LogP contribution in [0, 0.1) is 10.1 Å². The molecule has 0 aromatic heterocycles. The Morgan fingerprint density at radius 3 is 2.52 bits per heavy atom. The summed E-state index contributed by atoms with van der Waals surface area (Å²) in [7, 11) is 0. The van der Waals surface area contributed by atoms with Crippen LogP contribution in [0.5, 0.6) is 11.5 Å². The Bertz CT molecular complexity index is 804. The van der Waals surface area contributed by atoms with Gasteiger partial charge in [0, 0.05) is 18.2 Å². The first kappa shape index (κ1) is 16.3. The number of phenolic OH excluding ortho intramolecular Hbond substituents is 2. The lowest BCUT2D eigenvalue weighted by Gasteiger charge is -2.04. The summed E-state index contributed by atoms with van der Waals surface area (Å²) >= 11 is 5.87.